The number of nitrogens with two attached hydrogens (primary N) is 1. The maximum atomic E-state index is 6.17. The van der Waals surface area contributed by atoms with E-state index in [0.29, 0.717) is 0 Å². The third-order valence-corrected chi connectivity index (χ3v) is 4.09. The van der Waals surface area contributed by atoms with E-state index in [-0.39, 0.29) is 5.54 Å². The minimum absolute atomic E-state index is 0.00117. The maximum Gasteiger partial charge on any atom is 0.0482 e. The van der Waals surface area contributed by atoms with Crippen LogP contribution in [0.5, 0.6) is 0 Å². The minimum Gasteiger partial charge on any atom is -0.383 e. The summed E-state index contributed by atoms with van der Waals surface area (Å²) < 4.78 is 0. The SMILES string of the molecule is NC1(c2ccc3c(c2)NCCS3)CC1. The predicted molar refractivity (Wildman–Crippen MR) is 60.8 cm³/mol. The van der Waals surface area contributed by atoms with Gasteiger partial charge in [0.25, 0.3) is 0 Å². The third kappa shape index (κ3) is 1.31. The van der Waals surface area contributed by atoms with Crippen molar-refractivity contribution in [3.8, 4) is 0 Å². The molecule has 2 aliphatic rings. The number of rotatable bonds is 1. The van der Waals surface area contributed by atoms with Gasteiger partial charge >= 0.3 is 0 Å². The maximum absolute atomic E-state index is 6.17. The van der Waals surface area contributed by atoms with E-state index in [9.17, 15) is 0 Å². The number of benzene rings is 1. The Labute approximate surface area is 88.3 Å². The molecular weight excluding hydrogens is 192 g/mol. The number of nitrogens with one attached hydrogen (secondary N) is 1. The van der Waals surface area contributed by atoms with E-state index < -0.39 is 0 Å². The molecule has 1 heterocycles. The highest BCUT2D eigenvalue weighted by molar-refractivity contribution is 7.99. The first kappa shape index (κ1) is 8.62. The summed E-state index contributed by atoms with van der Waals surface area (Å²) in [6, 6.07) is 6.62. The van der Waals surface area contributed by atoms with Gasteiger partial charge in [-0.1, -0.05) is 6.07 Å². The van der Waals surface area contributed by atoms with Gasteiger partial charge in [0.15, 0.2) is 0 Å². The van der Waals surface area contributed by atoms with Crippen LogP contribution in [0, 0.1) is 0 Å². The Balaban J connectivity index is 2.01. The lowest BCUT2D eigenvalue weighted by Gasteiger charge is -2.19. The van der Waals surface area contributed by atoms with Gasteiger partial charge in [-0.15, -0.1) is 11.8 Å². The molecule has 1 aromatic carbocycles. The van der Waals surface area contributed by atoms with Crippen molar-refractivity contribution in [2.75, 3.05) is 17.6 Å². The Morgan fingerprint density at radius 3 is 3.00 bits per heavy atom. The molecule has 3 rings (SSSR count). The molecule has 3 heteroatoms. The zero-order chi connectivity index (χ0) is 9.60. The van der Waals surface area contributed by atoms with E-state index >= 15 is 0 Å². The molecule has 1 saturated carbocycles. The number of thioether (sulfide) groups is 1. The second kappa shape index (κ2) is 2.91. The molecule has 0 atom stereocenters. The normalized spacial score (nSPS) is 22.4. The van der Waals surface area contributed by atoms with Gasteiger partial charge in [-0.05, 0) is 30.5 Å². The van der Waals surface area contributed by atoms with Gasteiger partial charge in [0.2, 0.25) is 0 Å². The fourth-order valence-electron chi connectivity index (χ4n) is 1.87. The summed E-state index contributed by atoms with van der Waals surface area (Å²) in [5.41, 5.74) is 8.74. The molecule has 0 radical (unpaired) electrons. The number of fused-ring (bicyclic) bond motifs is 1. The molecule has 1 aromatic rings. The van der Waals surface area contributed by atoms with Crippen LogP contribution in [0.15, 0.2) is 23.1 Å². The van der Waals surface area contributed by atoms with Gasteiger partial charge in [-0.2, -0.15) is 0 Å². The van der Waals surface area contributed by atoms with Crippen molar-refractivity contribution < 1.29 is 0 Å². The summed E-state index contributed by atoms with van der Waals surface area (Å²) in [7, 11) is 0. The second-order valence-corrected chi connectivity index (χ2v) is 5.28. The van der Waals surface area contributed by atoms with E-state index in [0.717, 1.165) is 19.4 Å². The summed E-state index contributed by atoms with van der Waals surface area (Å²) in [6.45, 7) is 1.07. The van der Waals surface area contributed by atoms with Crippen LogP contribution in [-0.2, 0) is 5.54 Å². The van der Waals surface area contributed by atoms with Gasteiger partial charge in [0.05, 0.1) is 0 Å². The molecule has 0 bridgehead atoms. The van der Waals surface area contributed by atoms with Crippen molar-refractivity contribution in [3.63, 3.8) is 0 Å². The molecule has 0 amide bonds. The van der Waals surface area contributed by atoms with Crippen LogP contribution in [0.3, 0.4) is 0 Å². The molecule has 2 nitrogen and oxygen atoms in total. The van der Waals surface area contributed by atoms with Crippen LogP contribution in [0.1, 0.15) is 18.4 Å². The number of hydrogen-bond donors (Lipinski definition) is 2. The molecule has 1 fully saturated rings. The third-order valence-electron chi connectivity index (χ3n) is 3.02. The van der Waals surface area contributed by atoms with E-state index in [1.807, 2.05) is 11.8 Å². The van der Waals surface area contributed by atoms with Crippen LogP contribution >= 0.6 is 11.8 Å². The number of hydrogen-bond acceptors (Lipinski definition) is 3. The fraction of sp³-hybridized carbons (Fsp3) is 0.455. The van der Waals surface area contributed by atoms with E-state index in [1.165, 1.54) is 21.9 Å². The van der Waals surface area contributed by atoms with Crippen LogP contribution in [0.4, 0.5) is 5.69 Å². The molecule has 74 valence electrons. The molecule has 0 spiro atoms. The van der Waals surface area contributed by atoms with Crippen molar-refractivity contribution in [1.29, 1.82) is 0 Å². The minimum atomic E-state index is -0.00117. The molecule has 0 unspecified atom stereocenters. The number of anilines is 1. The fourth-order valence-corrected chi connectivity index (χ4v) is 2.75. The van der Waals surface area contributed by atoms with Gasteiger partial charge < -0.3 is 11.1 Å². The Morgan fingerprint density at radius 1 is 1.36 bits per heavy atom. The van der Waals surface area contributed by atoms with E-state index in [1.54, 1.807) is 0 Å². The molecule has 0 saturated heterocycles. The van der Waals surface area contributed by atoms with Crippen molar-refractivity contribution in [2.45, 2.75) is 23.3 Å². The zero-order valence-electron chi connectivity index (χ0n) is 8.05. The smallest absolute Gasteiger partial charge is 0.0482 e. The van der Waals surface area contributed by atoms with Crippen LogP contribution < -0.4 is 11.1 Å². The van der Waals surface area contributed by atoms with Crippen LogP contribution in [0.2, 0.25) is 0 Å². The quantitative estimate of drug-likeness (QED) is 0.739. The predicted octanol–water partition coefficient (Wildman–Crippen LogP) is 2.15. The summed E-state index contributed by atoms with van der Waals surface area (Å²) in [5.74, 6) is 1.17. The van der Waals surface area contributed by atoms with Crippen molar-refractivity contribution in [3.05, 3.63) is 23.8 Å². The van der Waals surface area contributed by atoms with E-state index in [2.05, 4.69) is 23.5 Å². The largest absolute Gasteiger partial charge is 0.383 e. The standard InChI is InChI=1S/C11H14N2S/c12-11(3-4-11)8-1-2-10-9(7-8)13-5-6-14-10/h1-2,7,13H,3-6,12H2. The second-order valence-electron chi connectivity index (χ2n) is 4.14. The molecule has 3 N–H and O–H groups in total. The monoisotopic (exact) mass is 206 g/mol. The highest BCUT2D eigenvalue weighted by Crippen LogP contribution is 2.44. The lowest BCUT2D eigenvalue weighted by atomic mass is 10.1. The molecular formula is C11H14N2S. The average Bonchev–Trinajstić information content (AvgIpc) is 2.97. The van der Waals surface area contributed by atoms with Gasteiger partial charge in [-0.3, -0.25) is 0 Å². The summed E-state index contributed by atoms with van der Waals surface area (Å²) in [4.78, 5) is 1.37. The van der Waals surface area contributed by atoms with Crippen LogP contribution in [-0.4, -0.2) is 12.3 Å². The summed E-state index contributed by atoms with van der Waals surface area (Å²) in [5, 5.41) is 3.43. The Morgan fingerprint density at radius 2 is 2.21 bits per heavy atom. The van der Waals surface area contributed by atoms with Crippen molar-refractivity contribution in [1.82, 2.24) is 0 Å². The summed E-state index contributed by atoms with van der Waals surface area (Å²) >= 11 is 1.93. The average molecular weight is 206 g/mol. The topological polar surface area (TPSA) is 38.0 Å². The first-order valence-corrected chi connectivity index (χ1v) is 6.07. The molecule has 1 aliphatic heterocycles. The Kier molecular flexibility index (Phi) is 1.79. The molecule has 1 aliphatic carbocycles. The summed E-state index contributed by atoms with van der Waals surface area (Å²) in [6.07, 6.45) is 2.28. The van der Waals surface area contributed by atoms with Crippen molar-refractivity contribution >= 4 is 17.4 Å². The van der Waals surface area contributed by atoms with Gasteiger partial charge in [0, 0.05) is 28.4 Å². The zero-order valence-corrected chi connectivity index (χ0v) is 8.86. The lowest BCUT2D eigenvalue weighted by Crippen LogP contribution is -2.19. The Bertz CT molecular complexity index is 372. The first-order chi connectivity index (χ1) is 6.78. The first-order valence-electron chi connectivity index (χ1n) is 5.08. The van der Waals surface area contributed by atoms with Gasteiger partial charge in [0.1, 0.15) is 0 Å². The van der Waals surface area contributed by atoms with Gasteiger partial charge in [-0.25, -0.2) is 0 Å². The Hall–Kier alpha value is -0.670. The highest BCUT2D eigenvalue weighted by atomic mass is 32.2. The molecule has 0 aromatic heterocycles. The van der Waals surface area contributed by atoms with Crippen LogP contribution in [0.25, 0.3) is 0 Å². The lowest BCUT2D eigenvalue weighted by molar-refractivity contribution is 0.739. The van der Waals surface area contributed by atoms with Crippen molar-refractivity contribution in [2.24, 2.45) is 5.73 Å². The highest BCUT2D eigenvalue weighted by Gasteiger charge is 2.40. The van der Waals surface area contributed by atoms with E-state index in [4.69, 9.17) is 5.73 Å². The molecule has 14 heavy (non-hydrogen) atoms.